The average molecular weight is 361 g/mol. The minimum Gasteiger partial charge on any atom is -0.465 e. The number of nitrogens with zero attached hydrogens (tertiary/aromatic N) is 2. The molecule has 1 aromatic carbocycles. The lowest BCUT2D eigenvalue weighted by Gasteiger charge is -2.26. The van der Waals surface area contributed by atoms with Gasteiger partial charge in [0.15, 0.2) is 0 Å². The maximum Gasteiger partial charge on any atom is 0.337 e. The molecule has 0 N–H and O–H groups in total. The molecule has 23 heavy (non-hydrogen) atoms. The van der Waals surface area contributed by atoms with E-state index in [2.05, 4.69) is 4.74 Å². The zero-order valence-electron chi connectivity index (χ0n) is 13.5. The molecule has 1 atom stereocenters. The quantitative estimate of drug-likeness (QED) is 0.749. The van der Waals surface area contributed by atoms with Crippen LogP contribution in [0.4, 0.5) is 0 Å². The van der Waals surface area contributed by atoms with Crippen molar-refractivity contribution in [2.45, 2.75) is 23.8 Å². The standard InChI is InChI=1S/C15H21ClN2O4S/c1-17(2)10-12-5-4-8-18(12)23(20,21)14-7-6-11(9-13(14)16)15(19)22-3/h6-7,9,12H,4-5,8,10H2,1-3H3. The number of hydrogen-bond acceptors (Lipinski definition) is 5. The predicted octanol–water partition coefficient (Wildman–Crippen LogP) is 1.84. The van der Waals surface area contributed by atoms with Gasteiger partial charge in [-0.25, -0.2) is 13.2 Å². The number of ether oxygens (including phenoxy) is 1. The fourth-order valence-corrected chi connectivity index (χ4v) is 5.02. The number of sulfonamides is 1. The lowest BCUT2D eigenvalue weighted by atomic mass is 10.2. The Morgan fingerprint density at radius 3 is 2.70 bits per heavy atom. The molecule has 0 amide bonds. The number of likely N-dealkylation sites (N-methyl/N-ethyl adjacent to an activating group) is 1. The van der Waals surface area contributed by atoms with Gasteiger partial charge in [-0.15, -0.1) is 0 Å². The molecule has 0 radical (unpaired) electrons. The van der Waals surface area contributed by atoms with Crippen molar-refractivity contribution in [3.8, 4) is 0 Å². The van der Waals surface area contributed by atoms with Crippen molar-refractivity contribution in [2.75, 3.05) is 34.3 Å². The minimum absolute atomic E-state index is 0.0254. The summed E-state index contributed by atoms with van der Waals surface area (Å²) in [6.07, 6.45) is 1.66. The van der Waals surface area contributed by atoms with Crippen LogP contribution in [-0.4, -0.2) is 63.9 Å². The van der Waals surface area contributed by atoms with Crippen molar-refractivity contribution in [3.05, 3.63) is 28.8 Å². The largest absolute Gasteiger partial charge is 0.465 e. The molecule has 0 aromatic heterocycles. The third-order valence-electron chi connectivity index (χ3n) is 3.84. The van der Waals surface area contributed by atoms with Crippen molar-refractivity contribution in [1.29, 1.82) is 0 Å². The summed E-state index contributed by atoms with van der Waals surface area (Å²) in [5.41, 5.74) is 0.225. The number of esters is 1. The summed E-state index contributed by atoms with van der Waals surface area (Å²) < 4.78 is 31.9. The molecule has 1 saturated heterocycles. The summed E-state index contributed by atoms with van der Waals surface area (Å²) in [6.45, 7) is 1.15. The molecule has 8 heteroatoms. The van der Waals surface area contributed by atoms with Gasteiger partial charge in [-0.05, 0) is 45.1 Å². The van der Waals surface area contributed by atoms with Crippen molar-refractivity contribution in [3.63, 3.8) is 0 Å². The summed E-state index contributed by atoms with van der Waals surface area (Å²) in [5.74, 6) is -0.553. The maximum absolute atomic E-state index is 12.9. The molecule has 0 aliphatic carbocycles. The molecule has 1 unspecified atom stereocenters. The van der Waals surface area contributed by atoms with Crippen LogP contribution in [0.1, 0.15) is 23.2 Å². The SMILES string of the molecule is COC(=O)c1ccc(S(=O)(=O)N2CCCC2CN(C)C)c(Cl)c1. The van der Waals surface area contributed by atoms with E-state index in [4.69, 9.17) is 11.6 Å². The van der Waals surface area contributed by atoms with Gasteiger partial charge in [0.1, 0.15) is 4.90 Å². The van der Waals surface area contributed by atoms with Crippen LogP contribution < -0.4 is 0 Å². The van der Waals surface area contributed by atoms with Gasteiger partial charge in [-0.1, -0.05) is 11.6 Å². The van der Waals surface area contributed by atoms with Crippen LogP contribution >= 0.6 is 11.6 Å². The van der Waals surface area contributed by atoms with Crippen LogP contribution in [0.3, 0.4) is 0 Å². The normalized spacial score (nSPS) is 19.3. The Morgan fingerprint density at radius 1 is 1.43 bits per heavy atom. The number of halogens is 1. The van der Waals surface area contributed by atoms with Gasteiger partial charge in [-0.3, -0.25) is 0 Å². The fraction of sp³-hybridized carbons (Fsp3) is 0.533. The summed E-state index contributed by atoms with van der Waals surface area (Å²) in [5, 5.41) is 0.0309. The van der Waals surface area contributed by atoms with E-state index in [1.165, 1.54) is 29.6 Å². The predicted molar refractivity (Wildman–Crippen MR) is 88.3 cm³/mol. The molecule has 6 nitrogen and oxygen atoms in total. The molecule has 1 fully saturated rings. The van der Waals surface area contributed by atoms with Gasteiger partial charge in [0.25, 0.3) is 0 Å². The highest BCUT2D eigenvalue weighted by Crippen LogP contribution is 2.31. The summed E-state index contributed by atoms with van der Waals surface area (Å²) >= 11 is 6.12. The van der Waals surface area contributed by atoms with Crippen LogP contribution in [0, 0.1) is 0 Å². The van der Waals surface area contributed by atoms with Gasteiger partial charge < -0.3 is 9.64 Å². The summed E-state index contributed by atoms with van der Waals surface area (Å²) in [4.78, 5) is 13.5. The second-order valence-corrected chi connectivity index (χ2v) is 8.08. The van der Waals surface area contributed by atoms with Crippen molar-refractivity contribution >= 4 is 27.6 Å². The van der Waals surface area contributed by atoms with Gasteiger partial charge in [0.05, 0.1) is 17.7 Å². The van der Waals surface area contributed by atoms with E-state index in [-0.39, 0.29) is 21.5 Å². The minimum atomic E-state index is -3.69. The lowest BCUT2D eigenvalue weighted by molar-refractivity contribution is 0.0600. The van der Waals surface area contributed by atoms with E-state index in [9.17, 15) is 13.2 Å². The Labute approximate surface area is 142 Å². The Kier molecular flexibility index (Phi) is 5.67. The third kappa shape index (κ3) is 3.85. The molecule has 128 valence electrons. The molecule has 1 heterocycles. The van der Waals surface area contributed by atoms with Gasteiger partial charge in [0.2, 0.25) is 10.0 Å². The molecule has 0 spiro atoms. The van der Waals surface area contributed by atoms with Crippen molar-refractivity contribution < 1.29 is 17.9 Å². The molecule has 1 aromatic rings. The molecule has 2 rings (SSSR count). The van der Waals surface area contributed by atoms with E-state index in [1.54, 1.807) is 0 Å². The Hall–Kier alpha value is -1.15. The van der Waals surface area contributed by atoms with Gasteiger partial charge in [-0.2, -0.15) is 4.31 Å². The molecule has 1 aliphatic rings. The van der Waals surface area contributed by atoms with E-state index in [0.717, 1.165) is 12.8 Å². The molecule has 0 saturated carbocycles. The van der Waals surface area contributed by atoms with E-state index < -0.39 is 16.0 Å². The Bertz CT molecular complexity index is 691. The summed E-state index contributed by atoms with van der Waals surface area (Å²) in [6, 6.07) is 4.06. The van der Waals surface area contributed by atoms with Crippen molar-refractivity contribution in [2.24, 2.45) is 0 Å². The fourth-order valence-electron chi connectivity index (χ4n) is 2.81. The van der Waals surface area contributed by atoms with Crippen LogP contribution in [0.5, 0.6) is 0 Å². The molecular formula is C15H21ClN2O4S. The average Bonchev–Trinajstić information content (AvgIpc) is 2.94. The Morgan fingerprint density at radius 2 is 2.13 bits per heavy atom. The van der Waals surface area contributed by atoms with E-state index in [1.807, 2.05) is 19.0 Å². The zero-order valence-corrected chi connectivity index (χ0v) is 15.0. The first-order chi connectivity index (χ1) is 10.8. The maximum atomic E-state index is 12.9. The second-order valence-electron chi connectivity index (χ2n) is 5.81. The molecule has 0 bridgehead atoms. The zero-order chi connectivity index (χ0) is 17.2. The van der Waals surface area contributed by atoms with Crippen LogP contribution in [0.2, 0.25) is 5.02 Å². The number of rotatable bonds is 5. The van der Waals surface area contributed by atoms with Gasteiger partial charge >= 0.3 is 5.97 Å². The monoisotopic (exact) mass is 360 g/mol. The third-order valence-corrected chi connectivity index (χ3v) is 6.27. The second kappa shape index (κ2) is 7.17. The number of carbonyl (C=O) groups is 1. The smallest absolute Gasteiger partial charge is 0.337 e. The number of methoxy groups -OCH3 is 1. The number of hydrogen-bond donors (Lipinski definition) is 0. The Balaban J connectivity index is 2.34. The highest BCUT2D eigenvalue weighted by atomic mass is 35.5. The first-order valence-corrected chi connectivity index (χ1v) is 9.13. The first kappa shape index (κ1) is 18.2. The van der Waals surface area contributed by atoms with Gasteiger partial charge in [0, 0.05) is 19.1 Å². The lowest BCUT2D eigenvalue weighted by Crippen LogP contribution is -2.41. The van der Waals surface area contributed by atoms with E-state index in [0.29, 0.717) is 13.1 Å². The van der Waals surface area contributed by atoms with E-state index >= 15 is 0 Å². The molecular weight excluding hydrogens is 340 g/mol. The summed E-state index contributed by atoms with van der Waals surface area (Å²) in [7, 11) is 1.41. The van der Waals surface area contributed by atoms with Crippen LogP contribution in [-0.2, 0) is 14.8 Å². The number of benzene rings is 1. The van der Waals surface area contributed by atoms with Crippen molar-refractivity contribution in [1.82, 2.24) is 9.21 Å². The highest BCUT2D eigenvalue weighted by Gasteiger charge is 2.36. The number of carbonyl (C=O) groups excluding carboxylic acids is 1. The first-order valence-electron chi connectivity index (χ1n) is 7.32. The topological polar surface area (TPSA) is 66.9 Å². The highest BCUT2D eigenvalue weighted by molar-refractivity contribution is 7.89. The molecule has 1 aliphatic heterocycles. The van der Waals surface area contributed by atoms with Crippen LogP contribution in [0.25, 0.3) is 0 Å². The van der Waals surface area contributed by atoms with Crippen LogP contribution in [0.15, 0.2) is 23.1 Å².